The number of phenolic OH excluding ortho intramolecular Hbond substituents is 1. The fourth-order valence-electron chi connectivity index (χ4n) is 6.79. The largest absolute Gasteiger partial charge is 0.506 e. The monoisotopic (exact) mass is 589 g/mol. The summed E-state index contributed by atoms with van der Waals surface area (Å²) in [4.78, 5) is 9.53. The van der Waals surface area contributed by atoms with Gasteiger partial charge in [-0.2, -0.15) is 0 Å². The lowest BCUT2D eigenvalue weighted by molar-refractivity contribution is 0.480. The summed E-state index contributed by atoms with van der Waals surface area (Å²) in [5.74, 6) is 1.11. The Morgan fingerprint density at radius 3 is 2.13 bits per heavy atom. The van der Waals surface area contributed by atoms with Crippen molar-refractivity contribution in [3.05, 3.63) is 158 Å². The van der Waals surface area contributed by atoms with Gasteiger partial charge in [0.1, 0.15) is 17.1 Å². The van der Waals surface area contributed by atoms with Crippen LogP contribution in [0.25, 0.3) is 82.8 Å². The van der Waals surface area contributed by atoms with Gasteiger partial charge in [-0.15, -0.1) is 0 Å². The Balaban J connectivity index is 1.18. The molecule has 2 heterocycles. The van der Waals surface area contributed by atoms with Gasteiger partial charge in [0.25, 0.3) is 0 Å². The molecule has 0 aliphatic heterocycles. The van der Waals surface area contributed by atoms with E-state index < -0.39 is 0 Å². The number of aromatic hydroxyl groups is 1. The predicted molar refractivity (Wildman–Crippen MR) is 189 cm³/mol. The fraction of sp³-hybridized carbons (Fsp3) is 0. The van der Waals surface area contributed by atoms with E-state index in [-0.39, 0.29) is 5.75 Å². The van der Waals surface area contributed by atoms with E-state index in [1.54, 1.807) is 12.3 Å². The molecule has 9 rings (SSSR count). The van der Waals surface area contributed by atoms with Gasteiger partial charge < -0.3 is 5.11 Å². The van der Waals surface area contributed by atoms with E-state index in [0.717, 1.165) is 66.5 Å². The molecule has 0 saturated heterocycles. The molecule has 216 valence electrons. The summed E-state index contributed by atoms with van der Waals surface area (Å²) in [5, 5.41) is 16.2. The van der Waals surface area contributed by atoms with Crippen molar-refractivity contribution in [3.63, 3.8) is 0 Å². The van der Waals surface area contributed by atoms with Crippen LogP contribution in [0.3, 0.4) is 0 Å². The molecule has 1 N–H and O–H groups in total. The first kappa shape index (κ1) is 26.2. The van der Waals surface area contributed by atoms with Crippen LogP contribution in [0, 0.1) is 0 Å². The standard InChI is InChI=1S/C42H27N3O/c46-39-23-22-35(36-13-8-24-43-41(36)39)40-33-12-5-4-9-30(33)26-31-25-29(20-21-34(31)40)27-16-18-28(19-17-27)42-44-37-14-6-7-15-38(37)45(42)32-10-2-1-3-11-32/h1-26,46H. The first-order chi connectivity index (χ1) is 22.7. The second-order valence-corrected chi connectivity index (χ2v) is 11.6. The molecule has 46 heavy (non-hydrogen) atoms. The number of hydrogen-bond acceptors (Lipinski definition) is 3. The molecule has 0 aliphatic rings. The molecular weight excluding hydrogens is 562 g/mol. The van der Waals surface area contributed by atoms with E-state index in [2.05, 4.69) is 125 Å². The molecule has 0 fully saturated rings. The van der Waals surface area contributed by atoms with Gasteiger partial charge in [0.15, 0.2) is 0 Å². The molecule has 0 atom stereocenters. The zero-order chi connectivity index (χ0) is 30.6. The van der Waals surface area contributed by atoms with Crippen LogP contribution in [0.2, 0.25) is 0 Å². The zero-order valence-corrected chi connectivity index (χ0v) is 24.8. The van der Waals surface area contributed by atoms with Crippen molar-refractivity contribution in [3.8, 4) is 45.1 Å². The normalized spacial score (nSPS) is 11.6. The van der Waals surface area contributed by atoms with Crippen molar-refractivity contribution in [2.24, 2.45) is 0 Å². The highest BCUT2D eigenvalue weighted by atomic mass is 16.3. The lowest BCUT2D eigenvalue weighted by Gasteiger charge is -2.15. The number of benzene rings is 7. The van der Waals surface area contributed by atoms with Crippen LogP contribution in [-0.2, 0) is 0 Å². The number of aromatic nitrogens is 3. The van der Waals surface area contributed by atoms with Crippen LogP contribution in [0.1, 0.15) is 0 Å². The van der Waals surface area contributed by atoms with Crippen molar-refractivity contribution in [2.45, 2.75) is 0 Å². The predicted octanol–water partition coefficient (Wildman–Crippen LogP) is 10.6. The molecule has 7 aromatic carbocycles. The highest BCUT2D eigenvalue weighted by molar-refractivity contribution is 6.17. The van der Waals surface area contributed by atoms with E-state index in [9.17, 15) is 5.11 Å². The van der Waals surface area contributed by atoms with E-state index >= 15 is 0 Å². The molecule has 0 unspecified atom stereocenters. The Hall–Kier alpha value is -6.26. The van der Waals surface area contributed by atoms with Gasteiger partial charge in [-0.3, -0.25) is 9.55 Å². The van der Waals surface area contributed by atoms with Crippen LogP contribution in [0.15, 0.2) is 158 Å². The maximum atomic E-state index is 10.6. The Labute approximate surface area is 265 Å². The van der Waals surface area contributed by atoms with Gasteiger partial charge in [-0.05, 0) is 98.4 Å². The van der Waals surface area contributed by atoms with E-state index in [0.29, 0.717) is 5.52 Å². The summed E-state index contributed by atoms with van der Waals surface area (Å²) in [6.45, 7) is 0. The second kappa shape index (κ2) is 10.4. The maximum absolute atomic E-state index is 10.6. The van der Waals surface area contributed by atoms with Crippen molar-refractivity contribution < 1.29 is 5.11 Å². The minimum atomic E-state index is 0.189. The van der Waals surface area contributed by atoms with E-state index in [1.165, 1.54) is 10.8 Å². The number of phenols is 1. The molecular formula is C42H27N3O. The molecule has 4 heteroatoms. The number of fused-ring (bicyclic) bond motifs is 4. The minimum absolute atomic E-state index is 0.189. The Kier molecular flexibility index (Phi) is 5.93. The maximum Gasteiger partial charge on any atom is 0.145 e. The number of hydrogen-bond donors (Lipinski definition) is 1. The van der Waals surface area contributed by atoms with Crippen LogP contribution >= 0.6 is 0 Å². The summed E-state index contributed by atoms with van der Waals surface area (Å²) in [7, 11) is 0. The van der Waals surface area contributed by atoms with E-state index in [1.807, 2.05) is 30.3 Å². The first-order valence-corrected chi connectivity index (χ1v) is 15.4. The summed E-state index contributed by atoms with van der Waals surface area (Å²) in [5.41, 5.74) is 9.31. The van der Waals surface area contributed by atoms with Crippen LogP contribution < -0.4 is 0 Å². The Bertz CT molecular complexity index is 2590. The second-order valence-electron chi connectivity index (χ2n) is 11.6. The van der Waals surface area contributed by atoms with Crippen LogP contribution in [-0.4, -0.2) is 19.6 Å². The minimum Gasteiger partial charge on any atom is -0.506 e. The lowest BCUT2D eigenvalue weighted by atomic mass is 9.89. The smallest absolute Gasteiger partial charge is 0.145 e. The van der Waals surface area contributed by atoms with Crippen molar-refractivity contribution in [2.75, 3.05) is 0 Å². The molecule has 0 aliphatic carbocycles. The third kappa shape index (κ3) is 4.15. The Morgan fingerprint density at radius 2 is 1.24 bits per heavy atom. The summed E-state index contributed by atoms with van der Waals surface area (Å²) >= 11 is 0. The number of rotatable bonds is 4. The average Bonchev–Trinajstić information content (AvgIpc) is 3.51. The highest BCUT2D eigenvalue weighted by Crippen LogP contribution is 2.42. The zero-order valence-electron chi connectivity index (χ0n) is 24.8. The van der Waals surface area contributed by atoms with Gasteiger partial charge in [0, 0.05) is 22.8 Å². The summed E-state index contributed by atoms with van der Waals surface area (Å²) in [6, 6.07) is 52.6. The quantitative estimate of drug-likeness (QED) is 0.208. The van der Waals surface area contributed by atoms with E-state index in [4.69, 9.17) is 4.98 Å². The first-order valence-electron chi connectivity index (χ1n) is 15.4. The van der Waals surface area contributed by atoms with Gasteiger partial charge in [0.05, 0.1) is 11.0 Å². The number of para-hydroxylation sites is 3. The number of imidazole rings is 1. The molecule has 0 bridgehead atoms. The third-order valence-corrected chi connectivity index (χ3v) is 8.93. The van der Waals surface area contributed by atoms with Crippen molar-refractivity contribution in [1.29, 1.82) is 0 Å². The molecule has 4 nitrogen and oxygen atoms in total. The summed E-state index contributed by atoms with van der Waals surface area (Å²) < 4.78 is 2.23. The molecule has 0 radical (unpaired) electrons. The molecule has 0 spiro atoms. The molecule has 0 saturated carbocycles. The van der Waals surface area contributed by atoms with Crippen LogP contribution in [0.4, 0.5) is 0 Å². The van der Waals surface area contributed by atoms with Crippen molar-refractivity contribution >= 4 is 43.5 Å². The molecule has 0 amide bonds. The van der Waals surface area contributed by atoms with Gasteiger partial charge in [-0.25, -0.2) is 4.98 Å². The third-order valence-electron chi connectivity index (χ3n) is 8.93. The Morgan fingerprint density at radius 1 is 0.522 bits per heavy atom. The van der Waals surface area contributed by atoms with Gasteiger partial charge in [0.2, 0.25) is 0 Å². The fourth-order valence-corrected chi connectivity index (χ4v) is 6.79. The molecule has 9 aromatic rings. The SMILES string of the molecule is Oc1ccc(-c2c3ccccc3cc3cc(-c4ccc(-c5nc6ccccc6n5-c5ccccc5)cc4)ccc23)c2cccnc12. The lowest BCUT2D eigenvalue weighted by Crippen LogP contribution is -1.97. The summed E-state index contributed by atoms with van der Waals surface area (Å²) in [6.07, 6.45) is 1.72. The van der Waals surface area contributed by atoms with Crippen molar-refractivity contribution in [1.82, 2.24) is 14.5 Å². The number of nitrogens with zero attached hydrogens (tertiary/aromatic N) is 3. The number of pyridine rings is 1. The van der Waals surface area contributed by atoms with Gasteiger partial charge in [-0.1, -0.05) is 97.1 Å². The molecule has 2 aromatic heterocycles. The highest BCUT2D eigenvalue weighted by Gasteiger charge is 2.17. The van der Waals surface area contributed by atoms with Crippen LogP contribution in [0.5, 0.6) is 5.75 Å². The average molecular weight is 590 g/mol. The topological polar surface area (TPSA) is 50.9 Å². The van der Waals surface area contributed by atoms with Gasteiger partial charge >= 0.3 is 0 Å².